The van der Waals surface area contributed by atoms with Crippen molar-refractivity contribution < 1.29 is 24.5 Å². The van der Waals surface area contributed by atoms with Gasteiger partial charge in [0.15, 0.2) is 0 Å². The molecule has 128 valence electrons. The zero-order valence-electron chi connectivity index (χ0n) is 14.4. The molecule has 0 aromatic carbocycles. The van der Waals surface area contributed by atoms with Gasteiger partial charge in [0, 0.05) is 11.8 Å². The number of aliphatic hydroxyl groups excluding tert-OH is 2. The molecule has 1 heterocycles. The molecular formula is C17H30O5. The lowest BCUT2D eigenvalue weighted by Gasteiger charge is -2.34. The average Bonchev–Trinajstić information content (AvgIpc) is 2.48. The zero-order valence-corrected chi connectivity index (χ0v) is 14.4. The fraction of sp³-hybridized carbons (Fsp3) is 0.882. The summed E-state index contributed by atoms with van der Waals surface area (Å²) in [5.41, 5.74) is 0. The van der Waals surface area contributed by atoms with Crippen molar-refractivity contribution in [2.75, 3.05) is 0 Å². The van der Waals surface area contributed by atoms with Gasteiger partial charge in [-0.25, -0.2) is 0 Å². The second-order valence-electron chi connectivity index (χ2n) is 7.08. The van der Waals surface area contributed by atoms with E-state index in [1.165, 1.54) is 0 Å². The molecule has 8 atom stereocenters. The van der Waals surface area contributed by atoms with Gasteiger partial charge in [0.25, 0.3) is 0 Å². The minimum atomic E-state index is -0.974. The Labute approximate surface area is 133 Å². The summed E-state index contributed by atoms with van der Waals surface area (Å²) in [6.45, 7) is 10.5. The van der Waals surface area contributed by atoms with E-state index in [0.717, 1.165) is 0 Å². The number of esters is 1. The van der Waals surface area contributed by atoms with Crippen LogP contribution in [0.25, 0.3) is 0 Å². The van der Waals surface area contributed by atoms with Crippen LogP contribution in [0.1, 0.15) is 48.0 Å². The van der Waals surface area contributed by atoms with E-state index in [9.17, 15) is 19.8 Å². The summed E-state index contributed by atoms with van der Waals surface area (Å²) in [6.07, 6.45) is -1.71. The van der Waals surface area contributed by atoms with Gasteiger partial charge in [-0.3, -0.25) is 9.59 Å². The summed E-state index contributed by atoms with van der Waals surface area (Å²) in [6, 6.07) is 0. The van der Waals surface area contributed by atoms with Gasteiger partial charge in [-0.2, -0.15) is 0 Å². The Bertz CT molecular complexity index is 408. The van der Waals surface area contributed by atoms with E-state index in [1.807, 2.05) is 13.8 Å². The number of hydrogen-bond acceptors (Lipinski definition) is 5. The largest absolute Gasteiger partial charge is 0.462 e. The predicted molar refractivity (Wildman–Crippen MR) is 83.0 cm³/mol. The summed E-state index contributed by atoms with van der Waals surface area (Å²) in [5, 5.41) is 20.7. The maximum Gasteiger partial charge on any atom is 0.311 e. The highest BCUT2D eigenvalue weighted by atomic mass is 16.5. The minimum Gasteiger partial charge on any atom is -0.462 e. The van der Waals surface area contributed by atoms with E-state index in [0.29, 0.717) is 6.42 Å². The molecule has 1 saturated heterocycles. The highest BCUT2D eigenvalue weighted by Crippen LogP contribution is 2.29. The maximum atomic E-state index is 12.4. The number of ether oxygens (including phenoxy) is 1. The molecule has 2 N–H and O–H groups in total. The van der Waals surface area contributed by atoms with Crippen molar-refractivity contribution >= 4 is 11.8 Å². The normalized spacial score (nSPS) is 45.6. The molecule has 22 heavy (non-hydrogen) atoms. The summed E-state index contributed by atoms with van der Waals surface area (Å²) < 4.78 is 5.35. The van der Waals surface area contributed by atoms with Crippen molar-refractivity contribution in [1.29, 1.82) is 0 Å². The first-order valence-corrected chi connectivity index (χ1v) is 8.18. The molecule has 1 rings (SSSR count). The van der Waals surface area contributed by atoms with Crippen LogP contribution in [0, 0.1) is 29.6 Å². The minimum absolute atomic E-state index is 0.0424. The molecular weight excluding hydrogens is 284 g/mol. The second-order valence-corrected chi connectivity index (χ2v) is 7.08. The number of aliphatic hydroxyl groups is 2. The van der Waals surface area contributed by atoms with Crippen LogP contribution >= 0.6 is 0 Å². The first-order chi connectivity index (χ1) is 10.1. The Balaban J connectivity index is 3.08. The summed E-state index contributed by atoms with van der Waals surface area (Å²) >= 11 is 0. The molecule has 1 fully saturated rings. The molecule has 0 radical (unpaired) electrons. The van der Waals surface area contributed by atoms with Crippen LogP contribution in [0.5, 0.6) is 0 Å². The Hall–Kier alpha value is -0.940. The molecule has 1 aliphatic heterocycles. The Morgan fingerprint density at radius 1 is 0.909 bits per heavy atom. The van der Waals surface area contributed by atoms with Crippen LogP contribution in [0.2, 0.25) is 0 Å². The van der Waals surface area contributed by atoms with Gasteiger partial charge in [0.05, 0.1) is 24.0 Å². The van der Waals surface area contributed by atoms with E-state index in [1.54, 1.807) is 27.7 Å². The molecule has 0 unspecified atom stereocenters. The van der Waals surface area contributed by atoms with Crippen LogP contribution in [0.3, 0.4) is 0 Å². The van der Waals surface area contributed by atoms with Crippen LogP contribution < -0.4 is 0 Å². The predicted octanol–water partition coefficient (Wildman–Crippen LogP) is 1.79. The topological polar surface area (TPSA) is 83.8 Å². The summed E-state index contributed by atoms with van der Waals surface area (Å²) in [7, 11) is 0. The molecule has 0 aromatic rings. The molecule has 5 heteroatoms. The third-order valence-electron chi connectivity index (χ3n) is 5.21. The first-order valence-electron chi connectivity index (χ1n) is 8.18. The van der Waals surface area contributed by atoms with Gasteiger partial charge in [-0.15, -0.1) is 0 Å². The van der Waals surface area contributed by atoms with Crippen molar-refractivity contribution in [2.24, 2.45) is 29.6 Å². The Morgan fingerprint density at radius 3 is 2.00 bits per heavy atom. The lowest BCUT2D eigenvalue weighted by atomic mass is 9.78. The molecule has 0 amide bonds. The van der Waals surface area contributed by atoms with Crippen LogP contribution in [0.4, 0.5) is 0 Å². The van der Waals surface area contributed by atoms with Crippen molar-refractivity contribution in [3.63, 3.8) is 0 Å². The Kier molecular flexibility index (Phi) is 6.56. The zero-order chi connectivity index (χ0) is 17.2. The van der Waals surface area contributed by atoms with Crippen LogP contribution in [0.15, 0.2) is 0 Å². The molecule has 0 bridgehead atoms. The number of rotatable bonds is 0. The van der Waals surface area contributed by atoms with Gasteiger partial charge in [0.2, 0.25) is 0 Å². The third-order valence-corrected chi connectivity index (χ3v) is 5.21. The van der Waals surface area contributed by atoms with Crippen molar-refractivity contribution in [2.45, 2.75) is 66.3 Å². The fourth-order valence-corrected chi connectivity index (χ4v) is 3.20. The Morgan fingerprint density at radius 2 is 1.45 bits per heavy atom. The number of ketones is 1. The SMILES string of the molecule is C[C@@H]1[C@@H](O)[C@@H](C)C[C@@H](C)C(=O)[C@H](C)[C@H](C)OC(=O)[C@H](C)[C@H]1O. The van der Waals surface area contributed by atoms with E-state index in [-0.39, 0.29) is 17.6 Å². The van der Waals surface area contributed by atoms with E-state index in [4.69, 9.17) is 4.74 Å². The van der Waals surface area contributed by atoms with E-state index >= 15 is 0 Å². The van der Waals surface area contributed by atoms with Gasteiger partial charge in [0.1, 0.15) is 11.9 Å². The highest BCUT2D eigenvalue weighted by molar-refractivity contribution is 5.83. The standard InChI is InChI=1S/C17H30O5/c1-8-7-9(2)15(19)11(4)16(20)12(5)17(21)22-13(6)10(3)14(8)18/h8-13,15-16,19-20H,7H2,1-6H3/t8-,9+,10-,11-,12-,13+,15+,16+/m1/s1. The van der Waals surface area contributed by atoms with E-state index in [2.05, 4.69) is 0 Å². The molecule has 0 saturated carbocycles. The number of carbonyl (C=O) groups is 2. The molecule has 0 aromatic heterocycles. The summed E-state index contributed by atoms with van der Waals surface area (Å²) in [4.78, 5) is 24.6. The monoisotopic (exact) mass is 314 g/mol. The number of hydrogen-bond donors (Lipinski definition) is 2. The van der Waals surface area contributed by atoms with Crippen LogP contribution in [-0.2, 0) is 14.3 Å². The molecule has 0 aliphatic carbocycles. The van der Waals surface area contributed by atoms with Crippen molar-refractivity contribution in [3.05, 3.63) is 0 Å². The highest BCUT2D eigenvalue weighted by Gasteiger charge is 2.38. The molecule has 0 spiro atoms. The van der Waals surface area contributed by atoms with Gasteiger partial charge >= 0.3 is 5.97 Å². The lowest BCUT2D eigenvalue weighted by molar-refractivity contribution is -0.163. The third kappa shape index (κ3) is 4.07. The molecule has 1 aliphatic rings. The van der Waals surface area contributed by atoms with Crippen molar-refractivity contribution in [1.82, 2.24) is 0 Å². The maximum absolute atomic E-state index is 12.4. The quantitative estimate of drug-likeness (QED) is 0.666. The van der Waals surface area contributed by atoms with Gasteiger partial charge < -0.3 is 14.9 Å². The van der Waals surface area contributed by atoms with Gasteiger partial charge in [-0.1, -0.05) is 27.7 Å². The smallest absolute Gasteiger partial charge is 0.311 e. The fourth-order valence-electron chi connectivity index (χ4n) is 3.20. The number of carbonyl (C=O) groups excluding carboxylic acids is 2. The van der Waals surface area contributed by atoms with Crippen molar-refractivity contribution in [3.8, 4) is 0 Å². The lowest BCUT2D eigenvalue weighted by Crippen LogP contribution is -2.43. The number of Topliss-reactive ketones (excluding diaryl/α,β-unsaturated/α-hetero) is 1. The second kappa shape index (κ2) is 7.55. The number of cyclic esters (lactones) is 1. The van der Waals surface area contributed by atoms with E-state index < -0.39 is 42.0 Å². The average molecular weight is 314 g/mol. The molecule has 5 nitrogen and oxygen atoms in total. The first kappa shape index (κ1) is 19.1. The van der Waals surface area contributed by atoms with Crippen LogP contribution in [-0.4, -0.2) is 40.3 Å². The van der Waals surface area contributed by atoms with Gasteiger partial charge in [-0.05, 0) is 26.2 Å². The summed E-state index contributed by atoms with van der Waals surface area (Å²) in [5.74, 6) is -2.44.